The minimum Gasteiger partial charge on any atom is -0.497 e. The molecule has 2 aromatic carbocycles. The highest BCUT2D eigenvalue weighted by Gasteiger charge is 2.17. The van der Waals surface area contributed by atoms with E-state index in [0.717, 1.165) is 0 Å². The lowest BCUT2D eigenvalue weighted by molar-refractivity contribution is 0.103. The lowest BCUT2D eigenvalue weighted by atomic mass is 10.0. The summed E-state index contributed by atoms with van der Waals surface area (Å²) in [5.74, 6) is 1.05. The highest BCUT2D eigenvalue weighted by molar-refractivity contribution is 6.13. The van der Waals surface area contributed by atoms with E-state index in [2.05, 4.69) is 0 Å². The molecule has 0 bridgehead atoms. The van der Waals surface area contributed by atoms with Gasteiger partial charge in [-0.3, -0.25) is 4.79 Å². The molecule has 0 aliphatic rings. The van der Waals surface area contributed by atoms with Crippen LogP contribution in [0.3, 0.4) is 0 Å². The van der Waals surface area contributed by atoms with Crippen LogP contribution in [0.5, 0.6) is 11.5 Å². The molecule has 2 N–H and O–H groups in total. The van der Waals surface area contributed by atoms with Crippen LogP contribution in [0.2, 0.25) is 0 Å². The highest BCUT2D eigenvalue weighted by atomic mass is 16.5. The fraction of sp³-hybridized carbons (Fsp3) is 0.188. The number of carbonyl (C=O) groups excluding carboxylic acids is 1. The van der Waals surface area contributed by atoms with Crippen molar-refractivity contribution < 1.29 is 14.3 Å². The number of ketones is 1. The van der Waals surface area contributed by atoms with Gasteiger partial charge in [-0.15, -0.1) is 0 Å². The number of anilines is 1. The minimum atomic E-state index is -0.158. The quantitative estimate of drug-likeness (QED) is 0.671. The summed E-state index contributed by atoms with van der Waals surface area (Å²) in [5, 5.41) is 0. The maximum absolute atomic E-state index is 12.6. The standard InChI is InChI=1S/C16H17NO3/c1-3-20-14-6-4-5-13(17)15(14)16(18)11-7-9-12(19-2)10-8-11/h4-10H,3,17H2,1-2H3. The summed E-state index contributed by atoms with van der Waals surface area (Å²) in [6, 6.07) is 12.1. The first-order chi connectivity index (χ1) is 9.67. The maximum Gasteiger partial charge on any atom is 0.198 e. The van der Waals surface area contributed by atoms with Gasteiger partial charge in [0.05, 0.1) is 19.3 Å². The summed E-state index contributed by atoms with van der Waals surface area (Å²) >= 11 is 0. The first kappa shape index (κ1) is 13.9. The van der Waals surface area contributed by atoms with Crippen LogP contribution < -0.4 is 15.2 Å². The van der Waals surface area contributed by atoms with E-state index in [9.17, 15) is 4.79 Å². The summed E-state index contributed by atoms with van der Waals surface area (Å²) < 4.78 is 10.6. The number of nitrogens with two attached hydrogens (primary N) is 1. The summed E-state index contributed by atoms with van der Waals surface area (Å²) in [6.07, 6.45) is 0. The maximum atomic E-state index is 12.6. The Morgan fingerprint density at radius 3 is 2.45 bits per heavy atom. The molecule has 0 heterocycles. The van der Waals surface area contributed by atoms with Gasteiger partial charge in [0.2, 0.25) is 0 Å². The molecule has 0 aliphatic heterocycles. The fourth-order valence-electron chi connectivity index (χ4n) is 1.95. The van der Waals surface area contributed by atoms with Gasteiger partial charge in [0.25, 0.3) is 0 Å². The van der Waals surface area contributed by atoms with Gasteiger partial charge in [-0.1, -0.05) is 6.07 Å². The van der Waals surface area contributed by atoms with Crippen molar-refractivity contribution in [3.8, 4) is 11.5 Å². The van der Waals surface area contributed by atoms with Crippen molar-refractivity contribution in [3.63, 3.8) is 0 Å². The fourth-order valence-corrected chi connectivity index (χ4v) is 1.95. The van der Waals surface area contributed by atoms with Crippen LogP contribution in [0.1, 0.15) is 22.8 Å². The predicted molar refractivity (Wildman–Crippen MR) is 78.4 cm³/mol. The molecule has 0 saturated carbocycles. The van der Waals surface area contributed by atoms with Crippen LogP contribution in [0, 0.1) is 0 Å². The molecule has 0 aromatic heterocycles. The average Bonchev–Trinajstić information content (AvgIpc) is 2.47. The molecule has 20 heavy (non-hydrogen) atoms. The Bertz CT molecular complexity index is 606. The van der Waals surface area contributed by atoms with E-state index in [4.69, 9.17) is 15.2 Å². The number of benzene rings is 2. The van der Waals surface area contributed by atoms with Crippen molar-refractivity contribution >= 4 is 11.5 Å². The molecule has 0 amide bonds. The first-order valence-corrected chi connectivity index (χ1v) is 6.37. The molecule has 4 heteroatoms. The van der Waals surface area contributed by atoms with E-state index in [1.54, 1.807) is 49.6 Å². The van der Waals surface area contributed by atoms with Crippen molar-refractivity contribution in [2.24, 2.45) is 0 Å². The zero-order valence-corrected chi connectivity index (χ0v) is 11.6. The largest absolute Gasteiger partial charge is 0.497 e. The van der Waals surface area contributed by atoms with Gasteiger partial charge in [-0.2, -0.15) is 0 Å². The Labute approximate surface area is 118 Å². The number of rotatable bonds is 5. The smallest absolute Gasteiger partial charge is 0.198 e. The van der Waals surface area contributed by atoms with Gasteiger partial charge in [-0.05, 0) is 43.3 Å². The van der Waals surface area contributed by atoms with Crippen LogP contribution in [0.25, 0.3) is 0 Å². The molecular weight excluding hydrogens is 254 g/mol. The molecule has 0 saturated heterocycles. The van der Waals surface area contributed by atoms with Crippen LogP contribution in [-0.4, -0.2) is 19.5 Å². The lowest BCUT2D eigenvalue weighted by Gasteiger charge is -2.12. The second-order valence-electron chi connectivity index (χ2n) is 4.21. The minimum absolute atomic E-state index is 0.158. The number of ether oxygens (including phenoxy) is 2. The Balaban J connectivity index is 2.41. The lowest BCUT2D eigenvalue weighted by Crippen LogP contribution is -2.08. The third-order valence-electron chi connectivity index (χ3n) is 2.94. The first-order valence-electron chi connectivity index (χ1n) is 6.37. The molecule has 0 fully saturated rings. The molecule has 0 atom stereocenters. The second-order valence-corrected chi connectivity index (χ2v) is 4.21. The number of nitrogen functional groups attached to an aromatic ring is 1. The van der Waals surface area contributed by atoms with E-state index >= 15 is 0 Å². The Hall–Kier alpha value is -2.49. The van der Waals surface area contributed by atoms with Gasteiger partial charge < -0.3 is 15.2 Å². The molecule has 0 radical (unpaired) electrons. The number of hydrogen-bond acceptors (Lipinski definition) is 4. The normalized spacial score (nSPS) is 10.1. The second kappa shape index (κ2) is 6.10. The van der Waals surface area contributed by atoms with Crippen LogP contribution >= 0.6 is 0 Å². The van der Waals surface area contributed by atoms with Gasteiger partial charge in [-0.25, -0.2) is 0 Å². The van der Waals surface area contributed by atoms with Gasteiger partial charge in [0.15, 0.2) is 5.78 Å². The SMILES string of the molecule is CCOc1cccc(N)c1C(=O)c1ccc(OC)cc1. The molecule has 2 rings (SSSR count). The zero-order chi connectivity index (χ0) is 14.5. The summed E-state index contributed by atoms with van der Waals surface area (Å²) in [7, 11) is 1.58. The van der Waals surface area contributed by atoms with E-state index < -0.39 is 0 Å². The van der Waals surface area contributed by atoms with Crippen molar-refractivity contribution in [3.05, 3.63) is 53.6 Å². The summed E-state index contributed by atoms with van der Waals surface area (Å²) in [4.78, 5) is 12.6. The number of carbonyl (C=O) groups is 1. The van der Waals surface area contributed by atoms with Crippen LogP contribution in [-0.2, 0) is 0 Å². The molecule has 0 spiro atoms. The van der Waals surface area contributed by atoms with E-state index in [1.807, 2.05) is 6.92 Å². The van der Waals surface area contributed by atoms with E-state index in [1.165, 1.54) is 0 Å². The van der Waals surface area contributed by atoms with Crippen molar-refractivity contribution in [2.75, 3.05) is 19.5 Å². The predicted octanol–water partition coefficient (Wildman–Crippen LogP) is 2.91. The van der Waals surface area contributed by atoms with E-state index in [-0.39, 0.29) is 5.78 Å². The molecule has 0 unspecified atom stereocenters. The zero-order valence-electron chi connectivity index (χ0n) is 11.6. The van der Waals surface area contributed by atoms with Crippen molar-refractivity contribution in [2.45, 2.75) is 6.92 Å². The van der Waals surface area contributed by atoms with Crippen molar-refractivity contribution in [1.29, 1.82) is 0 Å². The van der Waals surface area contributed by atoms with Gasteiger partial charge in [0.1, 0.15) is 11.5 Å². The topological polar surface area (TPSA) is 61.5 Å². The third kappa shape index (κ3) is 2.74. The average molecular weight is 271 g/mol. The summed E-state index contributed by atoms with van der Waals surface area (Å²) in [5.41, 5.74) is 7.28. The molecule has 2 aromatic rings. The van der Waals surface area contributed by atoms with Crippen molar-refractivity contribution in [1.82, 2.24) is 0 Å². The van der Waals surface area contributed by atoms with Crippen LogP contribution in [0.4, 0.5) is 5.69 Å². The molecular formula is C16H17NO3. The third-order valence-corrected chi connectivity index (χ3v) is 2.94. The van der Waals surface area contributed by atoms with Crippen LogP contribution in [0.15, 0.2) is 42.5 Å². The molecule has 104 valence electrons. The monoisotopic (exact) mass is 271 g/mol. The Kier molecular flexibility index (Phi) is 4.25. The number of hydrogen-bond donors (Lipinski definition) is 1. The Morgan fingerprint density at radius 2 is 1.85 bits per heavy atom. The molecule has 0 aliphatic carbocycles. The number of methoxy groups -OCH3 is 1. The van der Waals surface area contributed by atoms with Gasteiger partial charge in [0, 0.05) is 11.3 Å². The molecule has 4 nitrogen and oxygen atoms in total. The van der Waals surface area contributed by atoms with Gasteiger partial charge >= 0.3 is 0 Å². The Morgan fingerprint density at radius 1 is 1.15 bits per heavy atom. The summed E-state index contributed by atoms with van der Waals surface area (Å²) in [6.45, 7) is 2.34. The highest BCUT2D eigenvalue weighted by Crippen LogP contribution is 2.27. The van der Waals surface area contributed by atoms with E-state index in [0.29, 0.717) is 34.9 Å².